The van der Waals surface area contributed by atoms with Crippen molar-refractivity contribution in [2.45, 2.75) is 125 Å². The zero-order valence-electron chi connectivity index (χ0n) is 29.1. The first kappa shape index (κ1) is 64.1. The minimum Gasteiger partial charge on any atom is -0.480 e. The van der Waals surface area contributed by atoms with Gasteiger partial charge in [-0.25, -0.2) is 19.2 Å². The Hall–Kier alpha value is -4.46. The summed E-state index contributed by atoms with van der Waals surface area (Å²) in [6.45, 7) is 14.0. The van der Waals surface area contributed by atoms with E-state index in [-0.39, 0.29) is 50.2 Å². The summed E-state index contributed by atoms with van der Waals surface area (Å²) in [4.78, 5) is 97.2. The molecule has 0 radical (unpaired) electrons. The van der Waals surface area contributed by atoms with E-state index in [1.807, 2.05) is 13.8 Å². The predicted octanol–water partition coefficient (Wildman–Crippen LogP) is -0.197. The fourth-order valence-corrected chi connectivity index (χ4v) is 2.05. The summed E-state index contributed by atoms with van der Waals surface area (Å²) < 4.78 is 0. The molecule has 0 amide bonds. The van der Waals surface area contributed by atoms with Crippen LogP contribution >= 0.6 is 0 Å². The molecule has 6 unspecified atom stereocenters. The molecular weight excluding hydrogens is 678 g/mol. The quantitative estimate of drug-likeness (QED) is 0.0823. The zero-order chi connectivity index (χ0) is 40.2. The number of rotatable bonds is 14. The molecule has 0 spiro atoms. The first-order chi connectivity index (χ1) is 21.6. The van der Waals surface area contributed by atoms with E-state index in [0.717, 1.165) is 13.3 Å². The van der Waals surface area contributed by atoms with Crippen LogP contribution in [0.5, 0.6) is 0 Å². The molecule has 0 saturated carbocycles. The maximum Gasteiger partial charge on any atom is 0.373 e. The number of aliphatic hydroxyl groups is 3. The molecule has 0 heterocycles. The molecule has 0 aromatic rings. The first-order valence-electron chi connectivity index (χ1n) is 14.3. The van der Waals surface area contributed by atoms with Crippen molar-refractivity contribution in [2.75, 3.05) is 0 Å². The first-order valence-corrected chi connectivity index (χ1v) is 14.3. The number of carbonyl (C=O) groups excluding carboxylic acids is 5. The lowest BCUT2D eigenvalue weighted by Crippen LogP contribution is -2.44. The maximum atomic E-state index is 10.5. The highest BCUT2D eigenvalue weighted by Crippen LogP contribution is 2.14. The van der Waals surface area contributed by atoms with Gasteiger partial charge >= 0.3 is 36.0 Å². The summed E-state index contributed by atoms with van der Waals surface area (Å²) in [7, 11) is 0. The predicted molar refractivity (Wildman–Crippen MR) is 174 cm³/mol. The van der Waals surface area contributed by atoms with Crippen molar-refractivity contribution in [2.24, 2.45) is 17.6 Å². The molecule has 6 atom stereocenters. The molecule has 0 saturated heterocycles. The van der Waals surface area contributed by atoms with Crippen LogP contribution in [0.15, 0.2) is 0 Å². The number of aliphatic carboxylic acids is 5. The standard InChI is InChI=1S/C6H13NO2.C6H12O4.C6H10O4.C6H10O3.C4H6O3.CO2.CH4.H2O/c1-3-4(2)5(7)6(8)9;1-3-6(2,10)4(7)5(8)9;1-3-6(10,4(2)7)5(8)9;1-3-4(2)5(7)6(8)9;1-2-3(5)4(6)7;2-1-3;;/h4-5H,3,7H2,1-2H3,(H,8,9);4,7,10H,3H2,1-2H3,(H,8,9);10H,3H2,1-2H3,(H,8,9);4H,3H2,1-2H3,(H,8,9);2H2,1H3,(H,6,7);;1H4;1H2. The summed E-state index contributed by atoms with van der Waals surface area (Å²) in [6, 6.07) is -0.699. The molecule has 20 heteroatoms. The Morgan fingerprint density at radius 1 is 0.740 bits per heavy atom. The summed E-state index contributed by atoms with van der Waals surface area (Å²) >= 11 is 0. The van der Waals surface area contributed by atoms with Gasteiger partial charge in [0.15, 0.2) is 11.9 Å². The lowest BCUT2D eigenvalue weighted by molar-refractivity contribution is -0.192. The third-order valence-electron chi connectivity index (χ3n) is 6.36. The number of aliphatic hydroxyl groups excluding tert-OH is 1. The van der Waals surface area contributed by atoms with Crippen LogP contribution in [0.25, 0.3) is 0 Å². The normalized spacial score (nSPS) is 13.7. The van der Waals surface area contributed by atoms with Gasteiger partial charge in [-0.1, -0.05) is 62.3 Å². The van der Waals surface area contributed by atoms with Gasteiger partial charge < -0.3 is 52.1 Å². The monoisotopic (exact) mass is 735 g/mol. The van der Waals surface area contributed by atoms with Gasteiger partial charge in [0.05, 0.1) is 5.60 Å². The third-order valence-corrected chi connectivity index (χ3v) is 6.36. The number of Topliss-reactive ketones (excluding diaryl/α,β-unsaturated/α-hetero) is 3. The molecule has 0 fully saturated rings. The minimum absolute atomic E-state index is 0. The largest absolute Gasteiger partial charge is 0.480 e. The van der Waals surface area contributed by atoms with E-state index in [9.17, 15) is 38.4 Å². The molecule has 0 bridgehead atoms. The van der Waals surface area contributed by atoms with Crippen molar-refractivity contribution >= 4 is 53.3 Å². The van der Waals surface area contributed by atoms with Crippen molar-refractivity contribution in [3.63, 3.8) is 0 Å². The second-order valence-corrected chi connectivity index (χ2v) is 9.92. The molecule has 20 nitrogen and oxygen atoms in total. The number of carboxylic acids is 5. The maximum absolute atomic E-state index is 10.5. The van der Waals surface area contributed by atoms with E-state index < -0.39 is 70.5 Å². The minimum atomic E-state index is -2.18. The van der Waals surface area contributed by atoms with Crippen molar-refractivity contribution in [3.05, 3.63) is 0 Å². The summed E-state index contributed by atoms with van der Waals surface area (Å²) in [5.74, 6) is -8.91. The Labute approximate surface area is 290 Å². The van der Waals surface area contributed by atoms with Crippen molar-refractivity contribution in [1.29, 1.82) is 0 Å². The summed E-state index contributed by atoms with van der Waals surface area (Å²) in [6.07, 6.45) is 0.143. The highest BCUT2D eigenvalue weighted by atomic mass is 16.4. The number of hydrogen-bond donors (Lipinski definition) is 9. The fourth-order valence-electron chi connectivity index (χ4n) is 2.05. The van der Waals surface area contributed by atoms with Gasteiger partial charge in [-0.05, 0) is 39.0 Å². The summed E-state index contributed by atoms with van der Waals surface area (Å²) in [5.41, 5.74) is 1.57. The Morgan fingerprint density at radius 2 is 1.12 bits per heavy atom. The van der Waals surface area contributed by atoms with E-state index in [1.165, 1.54) is 20.8 Å². The van der Waals surface area contributed by atoms with Gasteiger partial charge in [0.2, 0.25) is 17.2 Å². The van der Waals surface area contributed by atoms with Gasteiger partial charge in [0, 0.05) is 12.3 Å². The van der Waals surface area contributed by atoms with Crippen LogP contribution in [-0.4, -0.2) is 123 Å². The van der Waals surface area contributed by atoms with Crippen LogP contribution < -0.4 is 5.73 Å². The highest BCUT2D eigenvalue weighted by Gasteiger charge is 2.39. The number of nitrogens with two attached hydrogens (primary N) is 1. The van der Waals surface area contributed by atoms with Gasteiger partial charge in [0.1, 0.15) is 6.04 Å². The van der Waals surface area contributed by atoms with E-state index in [2.05, 4.69) is 0 Å². The second-order valence-electron chi connectivity index (χ2n) is 9.92. The SMILES string of the molecule is C.CCC(=O)C(=O)O.CCC(C)(O)C(O)C(=O)O.CCC(C)C(=O)C(=O)O.CCC(C)C(N)C(=O)O.CCC(O)(C(C)=O)C(=O)O.O.O=C=O. The molecule has 0 aromatic heterocycles. The van der Waals surface area contributed by atoms with Gasteiger partial charge in [-0.3, -0.25) is 19.2 Å². The molecule has 0 aliphatic carbocycles. The van der Waals surface area contributed by atoms with Crippen molar-refractivity contribution < 1.29 is 94.3 Å². The number of carbonyl (C=O) groups is 8. The average Bonchev–Trinajstić information content (AvgIpc) is 3.02. The lowest BCUT2D eigenvalue weighted by atomic mass is 9.96. The van der Waals surface area contributed by atoms with Gasteiger partial charge in [-0.15, -0.1) is 0 Å². The Balaban J connectivity index is -0.0000000716. The Kier molecular flexibility index (Phi) is 44.1. The van der Waals surface area contributed by atoms with Crippen LogP contribution in [0.2, 0.25) is 0 Å². The lowest BCUT2D eigenvalue weighted by Gasteiger charge is -2.23. The highest BCUT2D eigenvalue weighted by molar-refractivity contribution is 6.33. The van der Waals surface area contributed by atoms with Crippen LogP contribution in [-0.2, 0) is 47.9 Å². The number of hydrogen-bond acceptors (Lipinski definition) is 14. The average molecular weight is 736 g/mol. The van der Waals surface area contributed by atoms with Gasteiger partial charge in [0.25, 0.3) is 0 Å². The Bertz CT molecular complexity index is 1050. The van der Waals surface area contributed by atoms with Crippen LogP contribution in [0.4, 0.5) is 0 Å². The molecule has 12 N–H and O–H groups in total. The Morgan fingerprint density at radius 3 is 1.18 bits per heavy atom. The summed E-state index contributed by atoms with van der Waals surface area (Å²) in [5, 5.41) is 67.9. The van der Waals surface area contributed by atoms with E-state index in [0.29, 0.717) is 6.42 Å². The smallest absolute Gasteiger partial charge is 0.373 e. The van der Waals surface area contributed by atoms with Crippen LogP contribution in [0.1, 0.15) is 102 Å². The molecular formula is C30H57NO19. The molecule has 0 aromatic carbocycles. The fraction of sp³-hybridized carbons (Fsp3) is 0.700. The van der Waals surface area contributed by atoms with E-state index >= 15 is 0 Å². The molecule has 50 heavy (non-hydrogen) atoms. The zero-order valence-corrected chi connectivity index (χ0v) is 29.1. The second kappa shape index (κ2) is 34.4. The molecule has 0 aliphatic heterocycles. The van der Waals surface area contributed by atoms with E-state index in [1.54, 1.807) is 20.8 Å². The van der Waals surface area contributed by atoms with Crippen LogP contribution in [0.3, 0.4) is 0 Å². The van der Waals surface area contributed by atoms with Crippen LogP contribution in [0, 0.1) is 11.8 Å². The van der Waals surface area contributed by atoms with Crippen molar-refractivity contribution in [3.8, 4) is 0 Å². The van der Waals surface area contributed by atoms with Crippen molar-refractivity contribution in [1.82, 2.24) is 0 Å². The number of ketones is 3. The third kappa shape index (κ3) is 32.1. The van der Waals surface area contributed by atoms with Gasteiger partial charge in [-0.2, -0.15) is 9.59 Å². The molecule has 296 valence electrons. The number of carboxylic acid groups (broad SMARTS) is 5. The molecule has 0 rings (SSSR count). The topological polar surface area (TPSA) is 390 Å². The molecule has 0 aliphatic rings. The van der Waals surface area contributed by atoms with E-state index in [4.69, 9.17) is 56.2 Å².